The van der Waals surface area contributed by atoms with Gasteiger partial charge < -0.3 is 20.6 Å². The van der Waals surface area contributed by atoms with E-state index in [1.807, 2.05) is 13.8 Å². The maximum Gasteiger partial charge on any atom is 0.326 e. The number of nitrogens with one attached hydrogen (secondary N) is 2. The first-order valence-corrected chi connectivity index (χ1v) is 7.45. The highest BCUT2D eigenvalue weighted by molar-refractivity contribution is 5.82. The van der Waals surface area contributed by atoms with Gasteiger partial charge in [0.15, 0.2) is 0 Å². The van der Waals surface area contributed by atoms with Crippen LogP contribution in [0.1, 0.15) is 40.5 Å². The van der Waals surface area contributed by atoms with E-state index in [-0.39, 0.29) is 5.92 Å². The molecule has 0 aliphatic heterocycles. The summed E-state index contributed by atoms with van der Waals surface area (Å²) in [6.07, 6.45) is 1.78. The van der Waals surface area contributed by atoms with Crippen LogP contribution in [0.5, 0.6) is 0 Å². The molecule has 0 fully saturated rings. The number of carbonyl (C=O) groups excluding carboxylic acids is 1. The third kappa shape index (κ3) is 7.33. The Hall–Kier alpha value is -1.30. The highest BCUT2D eigenvalue weighted by Gasteiger charge is 2.24. The van der Waals surface area contributed by atoms with Gasteiger partial charge in [-0.15, -0.1) is 0 Å². The maximum atomic E-state index is 11.7. The predicted molar refractivity (Wildman–Crippen MR) is 79.8 cm³/mol. The molecule has 0 radical (unpaired) electrons. The Kier molecular flexibility index (Phi) is 9.80. The van der Waals surface area contributed by atoms with E-state index in [1.165, 1.54) is 0 Å². The smallest absolute Gasteiger partial charge is 0.326 e. The number of aliphatic carboxylic acids is 1. The summed E-state index contributed by atoms with van der Waals surface area (Å²) in [6, 6.07) is -1.25. The Balaban J connectivity index is 4.11. The first kappa shape index (κ1) is 18.7. The number of carbonyl (C=O) groups is 2. The van der Waals surface area contributed by atoms with Crippen LogP contribution in [-0.4, -0.2) is 54.2 Å². The van der Waals surface area contributed by atoms with Crippen LogP contribution in [0.4, 0.5) is 4.79 Å². The lowest BCUT2D eigenvalue weighted by molar-refractivity contribution is -0.140. The molecule has 118 valence electrons. The quantitative estimate of drug-likeness (QED) is 0.569. The minimum absolute atomic E-state index is 0.0921. The molecular formula is C14H29N3O3. The van der Waals surface area contributed by atoms with E-state index in [2.05, 4.69) is 29.4 Å². The number of nitrogens with zero attached hydrogens (tertiary/aromatic N) is 1. The van der Waals surface area contributed by atoms with Gasteiger partial charge in [-0.25, -0.2) is 9.59 Å². The molecular weight excluding hydrogens is 258 g/mol. The summed E-state index contributed by atoms with van der Waals surface area (Å²) >= 11 is 0. The van der Waals surface area contributed by atoms with Crippen molar-refractivity contribution in [3.63, 3.8) is 0 Å². The van der Waals surface area contributed by atoms with Crippen LogP contribution in [0, 0.1) is 5.92 Å². The van der Waals surface area contributed by atoms with Crippen molar-refractivity contribution in [3.05, 3.63) is 0 Å². The molecule has 20 heavy (non-hydrogen) atoms. The van der Waals surface area contributed by atoms with Crippen molar-refractivity contribution in [1.82, 2.24) is 15.5 Å². The van der Waals surface area contributed by atoms with Gasteiger partial charge in [-0.1, -0.05) is 34.1 Å². The van der Waals surface area contributed by atoms with Crippen molar-refractivity contribution in [2.75, 3.05) is 26.2 Å². The summed E-state index contributed by atoms with van der Waals surface area (Å²) in [7, 11) is 0. The van der Waals surface area contributed by atoms with Crippen molar-refractivity contribution in [2.24, 2.45) is 5.92 Å². The Morgan fingerprint density at radius 3 is 2.30 bits per heavy atom. The molecule has 0 heterocycles. The predicted octanol–water partition coefficient (Wildman–Crippen LogP) is 1.52. The fraction of sp³-hybridized carbons (Fsp3) is 0.857. The van der Waals surface area contributed by atoms with E-state index in [4.69, 9.17) is 5.11 Å². The largest absolute Gasteiger partial charge is 0.480 e. The molecule has 0 aromatic heterocycles. The first-order chi connectivity index (χ1) is 9.46. The van der Waals surface area contributed by atoms with Crippen LogP contribution < -0.4 is 10.6 Å². The molecule has 2 atom stereocenters. The number of urea groups is 1. The van der Waals surface area contributed by atoms with Gasteiger partial charge in [-0.2, -0.15) is 0 Å². The topological polar surface area (TPSA) is 81.7 Å². The summed E-state index contributed by atoms with van der Waals surface area (Å²) in [5, 5.41) is 14.3. The van der Waals surface area contributed by atoms with Crippen molar-refractivity contribution >= 4 is 12.0 Å². The van der Waals surface area contributed by atoms with Crippen molar-refractivity contribution in [2.45, 2.75) is 46.6 Å². The molecule has 1 unspecified atom stereocenters. The fourth-order valence-electron chi connectivity index (χ4n) is 1.95. The van der Waals surface area contributed by atoms with Crippen LogP contribution >= 0.6 is 0 Å². The second kappa shape index (κ2) is 10.5. The molecule has 6 nitrogen and oxygen atoms in total. The summed E-state index contributed by atoms with van der Waals surface area (Å²) in [5.74, 6) is -1.08. The van der Waals surface area contributed by atoms with E-state index < -0.39 is 18.0 Å². The number of amides is 2. The van der Waals surface area contributed by atoms with E-state index in [9.17, 15) is 9.59 Å². The van der Waals surface area contributed by atoms with Gasteiger partial charge in [-0.05, 0) is 25.4 Å². The molecule has 6 heteroatoms. The van der Waals surface area contributed by atoms with Crippen LogP contribution in [-0.2, 0) is 4.79 Å². The molecule has 0 aliphatic carbocycles. The number of rotatable bonds is 10. The van der Waals surface area contributed by atoms with Gasteiger partial charge >= 0.3 is 12.0 Å². The Labute approximate surface area is 121 Å². The van der Waals surface area contributed by atoms with Crippen LogP contribution in [0.2, 0.25) is 0 Å². The second-order valence-corrected chi connectivity index (χ2v) is 5.04. The summed E-state index contributed by atoms with van der Waals surface area (Å²) in [5.41, 5.74) is 0. The van der Waals surface area contributed by atoms with E-state index in [0.29, 0.717) is 13.0 Å². The average molecular weight is 287 g/mol. The SMILES string of the molecule is CCCN(CC)CCNC(=O)N[C@H](C(=O)O)C(C)CC. The normalized spacial score (nSPS) is 13.8. The zero-order valence-electron chi connectivity index (χ0n) is 13.1. The van der Waals surface area contributed by atoms with E-state index in [0.717, 1.165) is 26.1 Å². The van der Waals surface area contributed by atoms with Crippen LogP contribution in [0.3, 0.4) is 0 Å². The number of likely N-dealkylation sites (N-methyl/N-ethyl adjacent to an activating group) is 1. The minimum atomic E-state index is -0.990. The van der Waals surface area contributed by atoms with Gasteiger partial charge in [0, 0.05) is 13.1 Å². The van der Waals surface area contributed by atoms with E-state index in [1.54, 1.807) is 0 Å². The van der Waals surface area contributed by atoms with Crippen molar-refractivity contribution in [1.29, 1.82) is 0 Å². The molecule has 0 aromatic rings. The van der Waals surface area contributed by atoms with Gasteiger partial charge in [0.1, 0.15) is 6.04 Å². The summed E-state index contributed by atoms with van der Waals surface area (Å²) in [4.78, 5) is 25.0. The lowest BCUT2D eigenvalue weighted by Crippen LogP contribution is -2.50. The molecule has 0 spiro atoms. The minimum Gasteiger partial charge on any atom is -0.480 e. The molecule has 0 aliphatic rings. The lowest BCUT2D eigenvalue weighted by Gasteiger charge is -2.22. The second-order valence-electron chi connectivity index (χ2n) is 5.04. The zero-order chi connectivity index (χ0) is 15.5. The lowest BCUT2D eigenvalue weighted by atomic mass is 9.99. The number of hydrogen-bond donors (Lipinski definition) is 3. The van der Waals surface area contributed by atoms with Crippen molar-refractivity contribution in [3.8, 4) is 0 Å². The average Bonchev–Trinajstić information content (AvgIpc) is 2.42. The number of hydrogen-bond acceptors (Lipinski definition) is 3. The van der Waals surface area contributed by atoms with E-state index >= 15 is 0 Å². The monoisotopic (exact) mass is 287 g/mol. The molecule has 0 bridgehead atoms. The highest BCUT2D eigenvalue weighted by atomic mass is 16.4. The highest BCUT2D eigenvalue weighted by Crippen LogP contribution is 2.07. The van der Waals surface area contributed by atoms with Gasteiger partial charge in [0.25, 0.3) is 0 Å². The first-order valence-electron chi connectivity index (χ1n) is 7.45. The third-order valence-electron chi connectivity index (χ3n) is 3.47. The maximum absolute atomic E-state index is 11.7. The molecule has 0 aromatic carbocycles. The summed E-state index contributed by atoms with van der Waals surface area (Å²) in [6.45, 7) is 11.2. The van der Waals surface area contributed by atoms with Gasteiger partial charge in [0.2, 0.25) is 0 Å². The molecule has 3 N–H and O–H groups in total. The Bertz CT molecular complexity index is 297. The fourth-order valence-corrected chi connectivity index (χ4v) is 1.95. The van der Waals surface area contributed by atoms with Gasteiger partial charge in [-0.3, -0.25) is 0 Å². The summed E-state index contributed by atoms with van der Waals surface area (Å²) < 4.78 is 0. The molecule has 0 rings (SSSR count). The Morgan fingerprint density at radius 2 is 1.85 bits per heavy atom. The molecule has 0 saturated heterocycles. The van der Waals surface area contributed by atoms with Crippen molar-refractivity contribution < 1.29 is 14.7 Å². The van der Waals surface area contributed by atoms with Gasteiger partial charge in [0.05, 0.1) is 0 Å². The molecule has 2 amide bonds. The zero-order valence-corrected chi connectivity index (χ0v) is 13.1. The molecule has 0 saturated carbocycles. The third-order valence-corrected chi connectivity index (χ3v) is 3.47. The van der Waals surface area contributed by atoms with Crippen LogP contribution in [0.15, 0.2) is 0 Å². The van der Waals surface area contributed by atoms with Crippen LogP contribution in [0.25, 0.3) is 0 Å². The standard InChI is InChI=1S/C14H29N3O3/c1-5-9-17(7-3)10-8-15-14(20)16-12(13(18)19)11(4)6-2/h11-12H,5-10H2,1-4H3,(H,18,19)(H2,15,16,20)/t11?,12-/m0/s1. The number of carboxylic acids is 1. The Morgan fingerprint density at radius 1 is 1.20 bits per heavy atom. The number of carboxylic acid groups (broad SMARTS) is 1.